The maximum absolute atomic E-state index is 13.4. The molecule has 30 heavy (non-hydrogen) atoms. The summed E-state index contributed by atoms with van der Waals surface area (Å²) < 4.78 is 33.5. The third-order valence-electron chi connectivity index (χ3n) is 6.19. The van der Waals surface area contributed by atoms with Crippen LogP contribution in [0.25, 0.3) is 0 Å². The SMILES string of the molecule is COc1ccc(C(=O)NC[C@@H]2CCC[C@H](O)C2)cc1S(=O)(=O)N1C[C@H](C)C[C@@H](C)C1. The number of benzene rings is 1. The van der Waals surface area contributed by atoms with Gasteiger partial charge >= 0.3 is 0 Å². The minimum Gasteiger partial charge on any atom is -0.495 e. The second kappa shape index (κ2) is 9.66. The van der Waals surface area contributed by atoms with E-state index >= 15 is 0 Å². The van der Waals surface area contributed by atoms with Crippen LogP contribution in [0.1, 0.15) is 56.3 Å². The van der Waals surface area contributed by atoms with Crippen LogP contribution in [0.2, 0.25) is 0 Å². The number of hydrogen-bond acceptors (Lipinski definition) is 5. The summed E-state index contributed by atoms with van der Waals surface area (Å²) in [5.41, 5.74) is 0.295. The van der Waals surface area contributed by atoms with Crippen LogP contribution in [-0.4, -0.2) is 56.6 Å². The summed E-state index contributed by atoms with van der Waals surface area (Å²) in [5, 5.41) is 12.7. The zero-order chi connectivity index (χ0) is 21.9. The van der Waals surface area contributed by atoms with Crippen LogP contribution in [0.5, 0.6) is 5.75 Å². The van der Waals surface area contributed by atoms with Gasteiger partial charge in [-0.3, -0.25) is 4.79 Å². The first-order valence-electron chi connectivity index (χ1n) is 10.8. The molecule has 0 unspecified atom stereocenters. The topological polar surface area (TPSA) is 95.9 Å². The van der Waals surface area contributed by atoms with E-state index in [1.165, 1.54) is 17.5 Å². The van der Waals surface area contributed by atoms with E-state index < -0.39 is 10.0 Å². The molecule has 1 aromatic carbocycles. The first-order valence-corrected chi connectivity index (χ1v) is 12.3. The molecule has 1 saturated carbocycles. The van der Waals surface area contributed by atoms with Crippen molar-refractivity contribution in [3.8, 4) is 5.75 Å². The fourth-order valence-corrected chi connectivity index (χ4v) is 6.61. The van der Waals surface area contributed by atoms with E-state index in [9.17, 15) is 18.3 Å². The second-order valence-electron chi connectivity index (χ2n) is 9.03. The van der Waals surface area contributed by atoms with Gasteiger partial charge in [-0.25, -0.2) is 8.42 Å². The Labute approximate surface area is 179 Å². The molecule has 1 aliphatic heterocycles. The van der Waals surface area contributed by atoms with Crippen LogP contribution in [0.15, 0.2) is 23.1 Å². The highest BCUT2D eigenvalue weighted by atomic mass is 32.2. The molecule has 2 aliphatic rings. The predicted molar refractivity (Wildman–Crippen MR) is 115 cm³/mol. The number of nitrogens with zero attached hydrogens (tertiary/aromatic N) is 1. The molecular weight excluding hydrogens is 404 g/mol. The van der Waals surface area contributed by atoms with Crippen molar-refractivity contribution in [2.24, 2.45) is 17.8 Å². The van der Waals surface area contributed by atoms with Crippen molar-refractivity contribution in [1.29, 1.82) is 0 Å². The molecule has 1 aliphatic carbocycles. The predicted octanol–water partition coefficient (Wildman–Crippen LogP) is 2.64. The fourth-order valence-electron chi connectivity index (χ4n) is 4.75. The molecular formula is C22H34N2O5S. The molecule has 1 aromatic rings. The van der Waals surface area contributed by atoms with Crippen molar-refractivity contribution in [3.05, 3.63) is 23.8 Å². The highest BCUT2D eigenvalue weighted by molar-refractivity contribution is 7.89. The van der Waals surface area contributed by atoms with Gasteiger partial charge in [0.2, 0.25) is 10.0 Å². The van der Waals surface area contributed by atoms with Gasteiger partial charge in [-0.15, -0.1) is 0 Å². The molecule has 3 rings (SSSR count). The highest BCUT2D eigenvalue weighted by Crippen LogP contribution is 2.32. The Morgan fingerprint density at radius 3 is 2.53 bits per heavy atom. The number of aliphatic hydroxyl groups is 1. The largest absolute Gasteiger partial charge is 0.495 e. The Morgan fingerprint density at radius 1 is 1.20 bits per heavy atom. The van der Waals surface area contributed by atoms with Crippen LogP contribution in [0.3, 0.4) is 0 Å². The average Bonchev–Trinajstić information content (AvgIpc) is 2.71. The third-order valence-corrected chi connectivity index (χ3v) is 8.04. The van der Waals surface area contributed by atoms with Gasteiger partial charge in [0.05, 0.1) is 13.2 Å². The molecule has 8 heteroatoms. The van der Waals surface area contributed by atoms with Gasteiger partial charge in [0.15, 0.2) is 0 Å². The van der Waals surface area contributed by atoms with E-state index in [4.69, 9.17) is 4.74 Å². The Kier molecular flexibility index (Phi) is 7.42. The minimum absolute atomic E-state index is 0.0343. The molecule has 0 spiro atoms. The molecule has 2 fully saturated rings. The van der Waals surface area contributed by atoms with Crippen LogP contribution in [0, 0.1) is 17.8 Å². The Bertz CT molecular complexity index is 847. The molecule has 1 amide bonds. The lowest BCUT2D eigenvalue weighted by Gasteiger charge is -2.34. The highest BCUT2D eigenvalue weighted by Gasteiger charge is 2.34. The zero-order valence-electron chi connectivity index (χ0n) is 18.1. The summed E-state index contributed by atoms with van der Waals surface area (Å²) in [7, 11) is -2.34. The fraction of sp³-hybridized carbons (Fsp3) is 0.682. The number of rotatable bonds is 6. The number of sulfonamides is 1. The summed E-state index contributed by atoms with van der Waals surface area (Å²) in [6, 6.07) is 4.55. The van der Waals surface area contributed by atoms with E-state index in [-0.39, 0.29) is 40.4 Å². The standard InChI is InChI=1S/C22H34N2O5S/c1-15-9-16(2)14-24(13-15)30(27,28)21-11-18(7-8-20(21)29-3)22(26)23-12-17-5-4-6-19(25)10-17/h7-8,11,15-17,19,25H,4-6,9-10,12-14H2,1-3H3,(H,23,26)/t15-,16-,17-,19+/m1/s1. The van der Waals surface area contributed by atoms with Crippen LogP contribution < -0.4 is 10.1 Å². The monoisotopic (exact) mass is 438 g/mol. The summed E-state index contributed by atoms with van der Waals surface area (Å²) >= 11 is 0. The Hall–Kier alpha value is -1.64. The van der Waals surface area contributed by atoms with Crippen molar-refractivity contribution in [3.63, 3.8) is 0 Å². The van der Waals surface area contributed by atoms with Gasteiger partial charge in [-0.1, -0.05) is 20.3 Å². The van der Waals surface area contributed by atoms with Gasteiger partial charge in [0.1, 0.15) is 10.6 Å². The molecule has 2 N–H and O–H groups in total. The average molecular weight is 439 g/mol. The summed E-state index contributed by atoms with van der Waals surface area (Å²) in [4.78, 5) is 12.7. The van der Waals surface area contributed by atoms with Gasteiger partial charge < -0.3 is 15.2 Å². The van der Waals surface area contributed by atoms with E-state index in [2.05, 4.69) is 19.2 Å². The number of methoxy groups -OCH3 is 1. The second-order valence-corrected chi connectivity index (χ2v) is 10.9. The van der Waals surface area contributed by atoms with Crippen molar-refractivity contribution >= 4 is 15.9 Å². The maximum atomic E-state index is 13.4. The number of ether oxygens (including phenoxy) is 1. The Balaban J connectivity index is 1.78. The lowest BCUT2D eigenvalue weighted by Crippen LogP contribution is -2.42. The van der Waals surface area contributed by atoms with Gasteiger partial charge in [-0.05, 0) is 61.6 Å². The van der Waals surface area contributed by atoms with Gasteiger partial charge in [0.25, 0.3) is 5.91 Å². The molecule has 4 atom stereocenters. The molecule has 7 nitrogen and oxygen atoms in total. The van der Waals surface area contributed by atoms with Crippen molar-refractivity contribution < 1.29 is 23.1 Å². The van der Waals surface area contributed by atoms with Crippen LogP contribution in [0.4, 0.5) is 0 Å². The summed E-state index contributed by atoms with van der Waals surface area (Å²) in [6.07, 6.45) is 4.14. The van der Waals surface area contributed by atoms with Crippen LogP contribution in [-0.2, 0) is 10.0 Å². The van der Waals surface area contributed by atoms with Crippen molar-refractivity contribution in [1.82, 2.24) is 9.62 Å². The smallest absolute Gasteiger partial charge is 0.251 e. The van der Waals surface area contributed by atoms with E-state index in [0.29, 0.717) is 31.6 Å². The summed E-state index contributed by atoms with van der Waals surface area (Å²) in [6.45, 7) is 5.53. The third kappa shape index (κ3) is 5.34. The number of nitrogens with one attached hydrogen (secondary N) is 1. The Morgan fingerprint density at radius 2 is 1.90 bits per heavy atom. The van der Waals surface area contributed by atoms with Gasteiger partial charge in [-0.2, -0.15) is 4.31 Å². The molecule has 168 valence electrons. The molecule has 0 bridgehead atoms. The first kappa shape index (κ1) is 23.0. The maximum Gasteiger partial charge on any atom is 0.251 e. The van der Waals surface area contributed by atoms with E-state index in [1.807, 2.05) is 0 Å². The minimum atomic E-state index is -3.77. The van der Waals surface area contributed by atoms with E-state index in [1.54, 1.807) is 12.1 Å². The molecule has 1 saturated heterocycles. The normalized spacial score (nSPS) is 28.1. The lowest BCUT2D eigenvalue weighted by atomic mass is 9.87. The number of hydrogen-bond donors (Lipinski definition) is 2. The molecule has 0 radical (unpaired) electrons. The summed E-state index contributed by atoms with van der Waals surface area (Å²) in [5.74, 6) is 0.747. The number of amides is 1. The van der Waals surface area contributed by atoms with Crippen molar-refractivity contribution in [2.75, 3.05) is 26.7 Å². The van der Waals surface area contributed by atoms with Gasteiger partial charge in [0, 0.05) is 25.2 Å². The number of aliphatic hydroxyl groups excluding tert-OH is 1. The van der Waals surface area contributed by atoms with E-state index in [0.717, 1.165) is 25.7 Å². The quantitative estimate of drug-likeness (QED) is 0.712. The number of carbonyl (C=O) groups excluding carboxylic acids is 1. The van der Waals surface area contributed by atoms with Crippen molar-refractivity contribution in [2.45, 2.75) is 57.0 Å². The first-order chi connectivity index (χ1) is 14.2. The lowest BCUT2D eigenvalue weighted by molar-refractivity contribution is 0.0873. The number of piperidine rings is 1. The molecule has 1 heterocycles. The zero-order valence-corrected chi connectivity index (χ0v) is 19.0. The number of carbonyl (C=O) groups is 1. The molecule has 0 aromatic heterocycles. The van der Waals surface area contributed by atoms with Crippen LogP contribution >= 0.6 is 0 Å².